The summed E-state index contributed by atoms with van der Waals surface area (Å²) in [5.41, 5.74) is 0. The Morgan fingerprint density at radius 2 is 2.17 bits per heavy atom. The molecule has 0 aromatic carbocycles. The molecule has 2 heteroatoms. The highest BCUT2D eigenvalue weighted by atomic mass is 27.1. The Labute approximate surface area is 48.5 Å². The van der Waals surface area contributed by atoms with Gasteiger partial charge in [-0.1, -0.05) is 14.4 Å². The Morgan fingerprint density at radius 3 is 2.17 bits per heavy atom. The molecule has 0 aliphatic rings. The van der Waals surface area contributed by atoms with Gasteiger partial charge in [0.15, 0.2) is 0 Å². The minimum absolute atomic E-state index is 0. The summed E-state index contributed by atoms with van der Waals surface area (Å²) in [6, 6.07) is 0. The molecule has 0 heterocycles. The van der Waals surface area contributed by atoms with Crippen LogP contribution in [-0.4, -0.2) is 23.2 Å². The molecule has 0 N–H and O–H groups in total. The zero-order chi connectivity index (χ0) is 4.12. The molecular formula is C4H12AlO. The van der Waals surface area contributed by atoms with Gasteiger partial charge < -0.3 is 3.79 Å². The number of hydrogen-bond donors (Lipinski definition) is 0. The number of rotatable bonds is 2. The lowest BCUT2D eigenvalue weighted by Crippen LogP contribution is -1.83. The van der Waals surface area contributed by atoms with E-state index in [1.54, 1.807) is 0 Å². The van der Waals surface area contributed by atoms with Crippen LogP contribution in [0, 0.1) is 7.43 Å². The fourth-order valence-electron chi connectivity index (χ4n) is 0.204. The fourth-order valence-corrected chi connectivity index (χ4v) is 0.612. The van der Waals surface area contributed by atoms with Gasteiger partial charge in [0.2, 0.25) is 0 Å². The minimum Gasteiger partial charge on any atom is -0.506 e. The molecule has 0 saturated heterocycles. The normalized spacial score (nSPS) is 6.83. The lowest BCUT2D eigenvalue weighted by molar-refractivity contribution is 0.349. The van der Waals surface area contributed by atoms with Crippen molar-refractivity contribution in [2.75, 3.05) is 6.61 Å². The molecule has 0 amide bonds. The van der Waals surface area contributed by atoms with Gasteiger partial charge in [-0.15, -0.1) is 0 Å². The summed E-state index contributed by atoms with van der Waals surface area (Å²) in [6.07, 6.45) is 1.16. The molecule has 1 nitrogen and oxygen atoms in total. The lowest BCUT2D eigenvalue weighted by atomic mass is 10.5. The van der Waals surface area contributed by atoms with Crippen LogP contribution in [0.5, 0.6) is 0 Å². The Morgan fingerprint density at radius 1 is 1.67 bits per heavy atom. The molecule has 0 unspecified atom stereocenters. The van der Waals surface area contributed by atoms with E-state index in [-0.39, 0.29) is 7.43 Å². The summed E-state index contributed by atoms with van der Waals surface area (Å²) in [5, 5.41) is 0. The van der Waals surface area contributed by atoms with Crippen LogP contribution in [0.2, 0.25) is 0 Å². The quantitative estimate of drug-likeness (QED) is 0.460. The Balaban J connectivity index is 0. The molecule has 0 atom stereocenters. The van der Waals surface area contributed by atoms with E-state index in [1.165, 1.54) is 0 Å². The van der Waals surface area contributed by atoms with Crippen LogP contribution in [0.3, 0.4) is 0 Å². The van der Waals surface area contributed by atoms with Crippen LogP contribution in [0.4, 0.5) is 0 Å². The molecular weight excluding hydrogens is 91.0 g/mol. The van der Waals surface area contributed by atoms with Gasteiger partial charge in [-0.05, 0) is 6.42 Å². The predicted octanol–water partition coefficient (Wildman–Crippen LogP) is 0.411. The van der Waals surface area contributed by atoms with E-state index in [0.717, 1.165) is 29.7 Å². The van der Waals surface area contributed by atoms with Crippen LogP contribution in [-0.2, 0) is 3.79 Å². The molecule has 1 radical (unpaired) electrons. The van der Waals surface area contributed by atoms with E-state index in [1.807, 2.05) is 0 Å². The van der Waals surface area contributed by atoms with Crippen molar-refractivity contribution in [3.63, 3.8) is 0 Å². The first-order valence-corrected chi connectivity index (χ1v) is 2.72. The van der Waals surface area contributed by atoms with Crippen molar-refractivity contribution in [2.45, 2.75) is 13.3 Å². The van der Waals surface area contributed by atoms with Gasteiger partial charge >= 0.3 is 16.6 Å². The second-order valence-electron chi connectivity index (χ2n) is 0.993. The van der Waals surface area contributed by atoms with E-state index < -0.39 is 0 Å². The first-order valence-electron chi connectivity index (χ1n) is 1.90. The van der Waals surface area contributed by atoms with Crippen LogP contribution < -0.4 is 0 Å². The summed E-state index contributed by atoms with van der Waals surface area (Å²) in [6.45, 7) is 3.06. The van der Waals surface area contributed by atoms with Crippen LogP contribution in [0.25, 0.3) is 0 Å². The van der Waals surface area contributed by atoms with Crippen LogP contribution >= 0.6 is 0 Å². The second-order valence-corrected chi connectivity index (χ2v) is 1.57. The highest BCUT2D eigenvalue weighted by Crippen LogP contribution is 1.69. The van der Waals surface area contributed by atoms with Gasteiger partial charge in [0, 0.05) is 6.61 Å². The van der Waals surface area contributed by atoms with E-state index in [9.17, 15) is 0 Å². The van der Waals surface area contributed by atoms with Crippen molar-refractivity contribution < 1.29 is 3.79 Å². The van der Waals surface area contributed by atoms with E-state index in [4.69, 9.17) is 3.79 Å². The first kappa shape index (κ1) is 9.70. The maximum atomic E-state index is 4.83. The molecule has 6 heavy (non-hydrogen) atoms. The van der Waals surface area contributed by atoms with Gasteiger partial charge in [-0.2, -0.15) is 0 Å². The van der Waals surface area contributed by atoms with Crippen LogP contribution in [0.15, 0.2) is 0 Å². The topological polar surface area (TPSA) is 9.23 Å². The van der Waals surface area contributed by atoms with Gasteiger partial charge in [-0.3, -0.25) is 0 Å². The maximum Gasteiger partial charge on any atom is 0.410 e. The van der Waals surface area contributed by atoms with E-state index >= 15 is 0 Å². The van der Waals surface area contributed by atoms with Crippen molar-refractivity contribution in [2.24, 2.45) is 0 Å². The third kappa shape index (κ3) is 8.82. The van der Waals surface area contributed by atoms with Crippen molar-refractivity contribution in [3.8, 4) is 0 Å². The maximum absolute atomic E-state index is 4.83. The summed E-state index contributed by atoms with van der Waals surface area (Å²) < 4.78 is 4.83. The molecule has 37 valence electrons. The van der Waals surface area contributed by atoms with Gasteiger partial charge in [0.25, 0.3) is 0 Å². The molecule has 0 aliphatic heterocycles. The second kappa shape index (κ2) is 9.09. The Kier molecular flexibility index (Phi) is 14.7. The van der Waals surface area contributed by atoms with Gasteiger partial charge in [0.05, 0.1) is 0 Å². The van der Waals surface area contributed by atoms with Crippen molar-refractivity contribution in [3.05, 3.63) is 7.43 Å². The number of hydrogen-bond acceptors (Lipinski definition) is 1. The van der Waals surface area contributed by atoms with Crippen molar-refractivity contribution in [1.29, 1.82) is 0 Å². The van der Waals surface area contributed by atoms with Gasteiger partial charge in [-0.25, -0.2) is 0 Å². The summed E-state index contributed by atoms with van der Waals surface area (Å²) in [4.78, 5) is 0. The highest BCUT2D eigenvalue weighted by Gasteiger charge is 1.66. The smallest absolute Gasteiger partial charge is 0.410 e. The molecule has 0 aliphatic carbocycles. The molecule has 0 aromatic rings. The average Bonchev–Trinajstić information content (AvgIpc) is 1.41. The highest BCUT2D eigenvalue weighted by molar-refractivity contribution is 5.97. The van der Waals surface area contributed by atoms with Crippen molar-refractivity contribution >= 4 is 16.6 Å². The lowest BCUT2D eigenvalue weighted by Gasteiger charge is -1.86. The summed E-state index contributed by atoms with van der Waals surface area (Å²) in [5.74, 6) is 0. The van der Waals surface area contributed by atoms with Crippen LogP contribution in [0.1, 0.15) is 13.3 Å². The summed E-state index contributed by atoms with van der Waals surface area (Å²) >= 11 is 0.899. The zero-order valence-electron chi connectivity index (χ0n) is 4.82. The Hall–Kier alpha value is 0.492. The standard InChI is InChI=1S/C3H7O.CH3.Al.2H/c1-2-3-4;;;;/h2-3H2,1H3;1H3;;;/q-1;;+1;;. The zero-order valence-corrected chi connectivity index (χ0v) is 6.82. The largest absolute Gasteiger partial charge is 0.506 e. The molecule has 0 rings (SSSR count). The monoisotopic (exact) mass is 103 g/mol. The summed E-state index contributed by atoms with van der Waals surface area (Å²) in [7, 11) is 0. The molecule has 0 aromatic heterocycles. The SMILES string of the molecule is CCC[O][AlH2].[CH3]. The molecule has 0 fully saturated rings. The molecule has 0 bridgehead atoms. The third-order valence-corrected chi connectivity index (χ3v) is 0.816. The first-order chi connectivity index (χ1) is 2.41. The average molecular weight is 103 g/mol. The van der Waals surface area contributed by atoms with E-state index in [0.29, 0.717) is 0 Å². The third-order valence-electron chi connectivity index (χ3n) is 0.408. The van der Waals surface area contributed by atoms with E-state index in [2.05, 4.69) is 6.92 Å². The Bertz CT molecular complexity index is 15.0. The molecule has 0 spiro atoms. The molecule has 0 saturated carbocycles. The van der Waals surface area contributed by atoms with Gasteiger partial charge in [0.1, 0.15) is 0 Å². The predicted molar refractivity (Wildman–Crippen MR) is 31.2 cm³/mol. The minimum atomic E-state index is 0. The van der Waals surface area contributed by atoms with Crippen molar-refractivity contribution in [1.82, 2.24) is 0 Å². The fraction of sp³-hybridized carbons (Fsp3) is 0.750.